The predicted molar refractivity (Wildman–Crippen MR) is 34.4 cm³/mol. The van der Waals surface area contributed by atoms with Crippen LogP contribution in [-0.4, -0.2) is 26.3 Å². The Morgan fingerprint density at radius 3 is 2.91 bits per heavy atom. The average molecular weight is 154 g/mol. The molecule has 0 radical (unpaired) electrons. The highest BCUT2D eigenvalue weighted by Gasteiger charge is 2.15. The molecule has 3 N–H and O–H groups in total. The molecule has 0 amide bonds. The minimum absolute atomic E-state index is 0.153. The number of carboxylic acids is 1. The van der Waals surface area contributed by atoms with Crippen LogP contribution in [0.4, 0.5) is 0 Å². The molecule has 6 nitrogen and oxygen atoms in total. The lowest BCUT2D eigenvalue weighted by Gasteiger charge is -2.01. The van der Waals surface area contributed by atoms with Gasteiger partial charge in [-0.1, -0.05) is 0 Å². The van der Waals surface area contributed by atoms with E-state index in [-0.39, 0.29) is 5.69 Å². The van der Waals surface area contributed by atoms with Crippen molar-refractivity contribution >= 4 is 5.97 Å². The molecule has 0 spiro atoms. The van der Waals surface area contributed by atoms with Crippen LogP contribution >= 0.6 is 0 Å². The zero-order valence-corrected chi connectivity index (χ0v) is 5.51. The van der Waals surface area contributed by atoms with Crippen molar-refractivity contribution in [1.82, 2.24) is 15.2 Å². The SMILES string of the molecule is NC(C(=O)O)c1cncnn1. The molecule has 0 saturated heterocycles. The third-order valence-electron chi connectivity index (χ3n) is 1.08. The zero-order valence-electron chi connectivity index (χ0n) is 5.51. The van der Waals surface area contributed by atoms with Crippen molar-refractivity contribution in [3.63, 3.8) is 0 Å². The van der Waals surface area contributed by atoms with E-state index in [0.717, 1.165) is 0 Å². The quantitative estimate of drug-likeness (QED) is 0.563. The number of carbonyl (C=O) groups is 1. The Morgan fingerprint density at radius 2 is 2.45 bits per heavy atom. The first kappa shape index (κ1) is 7.55. The minimum atomic E-state index is -1.15. The highest BCUT2D eigenvalue weighted by atomic mass is 16.4. The summed E-state index contributed by atoms with van der Waals surface area (Å²) < 4.78 is 0. The van der Waals surface area contributed by atoms with Crippen LogP contribution in [0, 0.1) is 0 Å². The van der Waals surface area contributed by atoms with E-state index in [1.807, 2.05) is 0 Å². The first-order valence-corrected chi connectivity index (χ1v) is 2.83. The molecule has 0 bridgehead atoms. The summed E-state index contributed by atoms with van der Waals surface area (Å²) in [7, 11) is 0. The van der Waals surface area contributed by atoms with Gasteiger partial charge < -0.3 is 10.8 Å². The molecular formula is C5H6N4O2. The number of aliphatic carboxylic acids is 1. The monoisotopic (exact) mass is 154 g/mol. The third-order valence-corrected chi connectivity index (χ3v) is 1.08. The summed E-state index contributed by atoms with van der Waals surface area (Å²) in [4.78, 5) is 13.9. The molecule has 1 aromatic heterocycles. The molecule has 1 heterocycles. The second-order valence-electron chi connectivity index (χ2n) is 1.85. The van der Waals surface area contributed by atoms with Gasteiger partial charge >= 0.3 is 5.97 Å². The summed E-state index contributed by atoms with van der Waals surface area (Å²) in [6.07, 6.45) is 2.48. The van der Waals surface area contributed by atoms with E-state index >= 15 is 0 Å². The highest BCUT2D eigenvalue weighted by Crippen LogP contribution is 2.01. The topological polar surface area (TPSA) is 102 Å². The van der Waals surface area contributed by atoms with Crippen molar-refractivity contribution in [3.05, 3.63) is 18.2 Å². The standard InChI is InChI=1S/C5H6N4O2/c6-4(5(10)11)3-1-7-2-8-9-3/h1-2,4H,6H2,(H,10,11). The lowest BCUT2D eigenvalue weighted by atomic mass is 10.2. The van der Waals surface area contributed by atoms with Crippen LogP contribution in [0.2, 0.25) is 0 Å². The largest absolute Gasteiger partial charge is 0.480 e. The molecule has 58 valence electrons. The Labute approximate surface area is 62.1 Å². The number of hydrogen-bond acceptors (Lipinski definition) is 5. The fraction of sp³-hybridized carbons (Fsp3) is 0.200. The predicted octanol–water partition coefficient (Wildman–Crippen LogP) is -1.04. The number of nitrogens with zero attached hydrogens (tertiary/aromatic N) is 3. The molecule has 0 aliphatic heterocycles. The maximum Gasteiger partial charge on any atom is 0.326 e. The first-order chi connectivity index (χ1) is 5.22. The van der Waals surface area contributed by atoms with Gasteiger partial charge in [-0.2, -0.15) is 5.10 Å². The number of carboxylic acid groups (broad SMARTS) is 1. The van der Waals surface area contributed by atoms with Crippen molar-refractivity contribution in [3.8, 4) is 0 Å². The van der Waals surface area contributed by atoms with E-state index < -0.39 is 12.0 Å². The van der Waals surface area contributed by atoms with Crippen LogP contribution in [0.25, 0.3) is 0 Å². The molecule has 0 fully saturated rings. The van der Waals surface area contributed by atoms with Gasteiger partial charge in [-0.05, 0) is 0 Å². The van der Waals surface area contributed by atoms with Gasteiger partial charge in [0, 0.05) is 0 Å². The Hall–Kier alpha value is -1.56. The second-order valence-corrected chi connectivity index (χ2v) is 1.85. The Morgan fingerprint density at radius 1 is 1.73 bits per heavy atom. The Balaban J connectivity index is 2.85. The van der Waals surface area contributed by atoms with Gasteiger partial charge in [0.05, 0.1) is 6.20 Å². The molecule has 0 aliphatic rings. The minimum Gasteiger partial charge on any atom is -0.480 e. The average Bonchev–Trinajstić information content (AvgIpc) is 2.05. The van der Waals surface area contributed by atoms with Gasteiger partial charge in [0.1, 0.15) is 18.1 Å². The maximum atomic E-state index is 10.3. The van der Waals surface area contributed by atoms with E-state index in [9.17, 15) is 4.79 Å². The number of nitrogens with two attached hydrogens (primary N) is 1. The number of rotatable bonds is 2. The van der Waals surface area contributed by atoms with Crippen LogP contribution < -0.4 is 5.73 Å². The summed E-state index contributed by atoms with van der Waals surface area (Å²) in [6, 6.07) is -1.14. The van der Waals surface area contributed by atoms with Gasteiger partial charge in [-0.15, -0.1) is 5.10 Å². The summed E-state index contributed by atoms with van der Waals surface area (Å²) in [6.45, 7) is 0. The summed E-state index contributed by atoms with van der Waals surface area (Å²) >= 11 is 0. The fourth-order valence-corrected chi connectivity index (χ4v) is 0.527. The molecule has 1 unspecified atom stereocenters. The van der Waals surface area contributed by atoms with Crippen LogP contribution in [-0.2, 0) is 4.79 Å². The van der Waals surface area contributed by atoms with Crippen molar-refractivity contribution in [2.75, 3.05) is 0 Å². The third kappa shape index (κ3) is 1.68. The number of aromatic nitrogens is 3. The van der Waals surface area contributed by atoms with E-state index in [2.05, 4.69) is 15.2 Å². The maximum absolute atomic E-state index is 10.3. The lowest BCUT2D eigenvalue weighted by Crippen LogP contribution is -2.22. The van der Waals surface area contributed by atoms with Crippen molar-refractivity contribution in [2.45, 2.75) is 6.04 Å². The van der Waals surface area contributed by atoms with Gasteiger partial charge in [0.15, 0.2) is 0 Å². The fourth-order valence-electron chi connectivity index (χ4n) is 0.527. The Bertz CT molecular complexity index is 250. The van der Waals surface area contributed by atoms with Gasteiger partial charge in [-0.25, -0.2) is 4.98 Å². The van der Waals surface area contributed by atoms with Crippen molar-refractivity contribution in [1.29, 1.82) is 0 Å². The van der Waals surface area contributed by atoms with E-state index in [1.54, 1.807) is 0 Å². The normalized spacial score (nSPS) is 12.5. The summed E-state index contributed by atoms with van der Waals surface area (Å²) in [5.41, 5.74) is 5.35. The first-order valence-electron chi connectivity index (χ1n) is 2.83. The molecule has 11 heavy (non-hydrogen) atoms. The molecular weight excluding hydrogens is 148 g/mol. The van der Waals surface area contributed by atoms with Gasteiger partial charge in [0.25, 0.3) is 0 Å². The van der Waals surface area contributed by atoms with Gasteiger partial charge in [0.2, 0.25) is 0 Å². The summed E-state index contributed by atoms with van der Waals surface area (Å²) in [5.74, 6) is -1.15. The zero-order chi connectivity index (χ0) is 8.27. The molecule has 0 aliphatic carbocycles. The van der Waals surface area contributed by atoms with Crippen molar-refractivity contribution < 1.29 is 9.90 Å². The number of hydrogen-bond donors (Lipinski definition) is 2. The van der Waals surface area contributed by atoms with E-state index in [4.69, 9.17) is 10.8 Å². The van der Waals surface area contributed by atoms with Crippen LogP contribution in [0.15, 0.2) is 12.5 Å². The Kier molecular flexibility index (Phi) is 2.07. The van der Waals surface area contributed by atoms with Crippen LogP contribution in [0.1, 0.15) is 11.7 Å². The highest BCUT2D eigenvalue weighted by molar-refractivity contribution is 5.74. The van der Waals surface area contributed by atoms with Gasteiger partial charge in [-0.3, -0.25) is 4.79 Å². The van der Waals surface area contributed by atoms with E-state index in [0.29, 0.717) is 0 Å². The lowest BCUT2D eigenvalue weighted by molar-refractivity contribution is -0.138. The molecule has 0 saturated carbocycles. The van der Waals surface area contributed by atoms with Crippen LogP contribution in [0.3, 0.4) is 0 Å². The molecule has 6 heteroatoms. The summed E-state index contributed by atoms with van der Waals surface area (Å²) in [5, 5.41) is 15.3. The van der Waals surface area contributed by atoms with E-state index in [1.165, 1.54) is 12.5 Å². The second kappa shape index (κ2) is 3.02. The smallest absolute Gasteiger partial charge is 0.326 e. The van der Waals surface area contributed by atoms with Crippen LogP contribution in [0.5, 0.6) is 0 Å². The van der Waals surface area contributed by atoms with Crippen molar-refractivity contribution in [2.24, 2.45) is 5.73 Å². The molecule has 1 aromatic rings. The molecule has 1 rings (SSSR count). The molecule has 0 aromatic carbocycles. The molecule has 1 atom stereocenters.